The van der Waals surface area contributed by atoms with Gasteiger partial charge in [-0.05, 0) is 43.2 Å². The van der Waals surface area contributed by atoms with Gasteiger partial charge in [-0.3, -0.25) is 14.9 Å². The molecule has 1 N–H and O–H groups in total. The Kier molecular flexibility index (Phi) is 5.58. The summed E-state index contributed by atoms with van der Waals surface area (Å²) in [6.07, 6.45) is 0.0592. The molecule has 0 spiro atoms. The van der Waals surface area contributed by atoms with Crippen molar-refractivity contribution in [1.82, 2.24) is 0 Å². The molecule has 0 aliphatic heterocycles. The van der Waals surface area contributed by atoms with Crippen molar-refractivity contribution in [3.05, 3.63) is 73.9 Å². The van der Waals surface area contributed by atoms with Crippen LogP contribution in [0, 0.1) is 22.9 Å². The number of nitro benzene ring substituents is 1. The molecule has 1 heterocycles. The average Bonchev–Trinajstić information content (AvgIpc) is 2.68. The van der Waals surface area contributed by atoms with Gasteiger partial charge in [0.2, 0.25) is 11.7 Å². The summed E-state index contributed by atoms with van der Waals surface area (Å²) in [5.74, 6) is -0.908. The number of nitro groups is 1. The highest BCUT2D eigenvalue weighted by Gasteiger charge is 2.17. The molecule has 0 bridgehead atoms. The predicted octanol–water partition coefficient (Wildman–Crippen LogP) is 3.73. The lowest BCUT2D eigenvalue weighted by Gasteiger charge is -2.09. The number of halogens is 1. The molecule has 1 aromatic heterocycles. The molecule has 0 radical (unpaired) electrons. The highest BCUT2D eigenvalue weighted by Crippen LogP contribution is 2.25. The Labute approximate surface area is 164 Å². The largest absolute Gasteiger partial charge is 0.497 e. The van der Waals surface area contributed by atoms with Gasteiger partial charge in [0.25, 0.3) is 0 Å². The number of nitrogens with zero attached hydrogens (tertiary/aromatic N) is 1. The summed E-state index contributed by atoms with van der Waals surface area (Å²) < 4.78 is 23.8. The number of aryl methyl sites for hydroxylation is 1. The van der Waals surface area contributed by atoms with Crippen LogP contribution >= 0.6 is 0 Å². The van der Waals surface area contributed by atoms with E-state index >= 15 is 0 Å². The fourth-order valence-corrected chi connectivity index (χ4v) is 2.98. The maximum absolute atomic E-state index is 13.4. The van der Waals surface area contributed by atoms with Crippen LogP contribution in [0.4, 0.5) is 15.8 Å². The van der Waals surface area contributed by atoms with Gasteiger partial charge in [-0.15, -0.1) is 0 Å². The smallest absolute Gasteiger partial charge is 0.339 e. The summed E-state index contributed by atoms with van der Waals surface area (Å²) in [6.45, 7) is 1.77. The van der Waals surface area contributed by atoms with E-state index < -0.39 is 28.0 Å². The SMILES string of the molecule is COc1ccc2c(C)c(CCC(=O)Nc3ccc(F)c([N+](=O)[O-])c3)c(=O)oc2c1. The molecule has 0 unspecified atom stereocenters. The molecule has 0 atom stereocenters. The maximum atomic E-state index is 13.4. The Morgan fingerprint density at radius 1 is 1.28 bits per heavy atom. The zero-order valence-corrected chi connectivity index (χ0v) is 15.7. The Morgan fingerprint density at radius 3 is 2.72 bits per heavy atom. The van der Waals surface area contributed by atoms with Gasteiger partial charge in [0.05, 0.1) is 12.0 Å². The third-order valence-corrected chi connectivity index (χ3v) is 4.52. The van der Waals surface area contributed by atoms with E-state index in [0.29, 0.717) is 22.5 Å². The molecule has 0 saturated carbocycles. The molecule has 0 fully saturated rings. The number of carbonyl (C=O) groups is 1. The lowest BCUT2D eigenvalue weighted by atomic mass is 10.0. The molecule has 0 saturated heterocycles. The van der Waals surface area contributed by atoms with Crippen LogP contribution in [0.15, 0.2) is 45.6 Å². The minimum atomic E-state index is -0.992. The highest BCUT2D eigenvalue weighted by molar-refractivity contribution is 5.91. The summed E-state index contributed by atoms with van der Waals surface area (Å²) >= 11 is 0. The number of carbonyl (C=O) groups excluding carboxylic acids is 1. The van der Waals surface area contributed by atoms with Crippen molar-refractivity contribution >= 4 is 28.3 Å². The second-order valence-electron chi connectivity index (χ2n) is 6.33. The van der Waals surface area contributed by atoms with Crippen molar-refractivity contribution in [2.75, 3.05) is 12.4 Å². The predicted molar refractivity (Wildman–Crippen MR) is 104 cm³/mol. The van der Waals surface area contributed by atoms with Gasteiger partial charge < -0.3 is 14.5 Å². The fourth-order valence-electron chi connectivity index (χ4n) is 2.98. The van der Waals surface area contributed by atoms with Crippen molar-refractivity contribution in [3.8, 4) is 5.75 Å². The van der Waals surface area contributed by atoms with Crippen molar-refractivity contribution in [3.63, 3.8) is 0 Å². The number of hydrogen-bond donors (Lipinski definition) is 1. The minimum absolute atomic E-state index is 0.0571. The third kappa shape index (κ3) is 4.23. The monoisotopic (exact) mass is 400 g/mol. The number of hydrogen-bond acceptors (Lipinski definition) is 6. The maximum Gasteiger partial charge on any atom is 0.339 e. The Balaban J connectivity index is 1.77. The summed E-state index contributed by atoms with van der Waals surface area (Å²) in [4.78, 5) is 34.4. The molecule has 1 amide bonds. The van der Waals surface area contributed by atoms with Crippen LogP contribution in [0.2, 0.25) is 0 Å². The van der Waals surface area contributed by atoms with E-state index in [-0.39, 0.29) is 18.5 Å². The first kappa shape index (κ1) is 20.0. The number of fused-ring (bicyclic) bond motifs is 1. The van der Waals surface area contributed by atoms with Crippen LogP contribution in [0.5, 0.6) is 5.75 Å². The first-order chi connectivity index (χ1) is 13.8. The molecule has 2 aromatic carbocycles. The van der Waals surface area contributed by atoms with E-state index in [1.165, 1.54) is 13.2 Å². The number of anilines is 1. The van der Waals surface area contributed by atoms with Crippen LogP contribution in [0.1, 0.15) is 17.5 Å². The van der Waals surface area contributed by atoms with Gasteiger partial charge in [0.15, 0.2) is 0 Å². The molecule has 9 heteroatoms. The lowest BCUT2D eigenvalue weighted by Crippen LogP contribution is -2.16. The number of ether oxygens (including phenoxy) is 1. The third-order valence-electron chi connectivity index (χ3n) is 4.52. The van der Waals surface area contributed by atoms with Gasteiger partial charge in [-0.25, -0.2) is 4.79 Å². The molecule has 0 aliphatic rings. The van der Waals surface area contributed by atoms with Crippen LogP contribution in [-0.4, -0.2) is 17.9 Å². The van der Waals surface area contributed by atoms with Crippen molar-refractivity contribution in [1.29, 1.82) is 0 Å². The van der Waals surface area contributed by atoms with Crippen molar-refractivity contribution in [2.24, 2.45) is 0 Å². The highest BCUT2D eigenvalue weighted by atomic mass is 19.1. The number of benzene rings is 2. The zero-order chi connectivity index (χ0) is 21.1. The van der Waals surface area contributed by atoms with Gasteiger partial charge in [0, 0.05) is 35.2 Å². The molecule has 8 nitrogen and oxygen atoms in total. The quantitative estimate of drug-likeness (QED) is 0.383. The van der Waals surface area contributed by atoms with Crippen LogP contribution in [-0.2, 0) is 11.2 Å². The standard InChI is InChI=1S/C20H17FN2O6/c1-11-14-5-4-13(28-2)10-18(14)29-20(25)15(11)6-8-19(24)22-12-3-7-16(21)17(9-12)23(26)27/h3-5,7,9-10H,6,8H2,1-2H3,(H,22,24). The molecule has 3 aromatic rings. The molecule has 29 heavy (non-hydrogen) atoms. The van der Waals surface area contributed by atoms with Gasteiger partial charge in [-0.2, -0.15) is 4.39 Å². The van der Waals surface area contributed by atoms with E-state index in [2.05, 4.69) is 5.32 Å². The second kappa shape index (κ2) is 8.09. The second-order valence-corrected chi connectivity index (χ2v) is 6.33. The number of nitrogens with one attached hydrogen (secondary N) is 1. The van der Waals surface area contributed by atoms with Crippen LogP contribution in [0.3, 0.4) is 0 Å². The van der Waals surface area contributed by atoms with Crippen LogP contribution < -0.4 is 15.7 Å². The molecular formula is C20H17FN2O6. The van der Waals surface area contributed by atoms with E-state index in [9.17, 15) is 24.1 Å². The van der Waals surface area contributed by atoms with Gasteiger partial charge >= 0.3 is 11.3 Å². The minimum Gasteiger partial charge on any atom is -0.497 e. The molecule has 0 aliphatic carbocycles. The average molecular weight is 400 g/mol. The first-order valence-electron chi connectivity index (χ1n) is 8.64. The van der Waals surface area contributed by atoms with E-state index in [4.69, 9.17) is 9.15 Å². The zero-order valence-electron chi connectivity index (χ0n) is 15.7. The normalized spacial score (nSPS) is 10.7. The number of rotatable bonds is 6. The van der Waals surface area contributed by atoms with Crippen LogP contribution in [0.25, 0.3) is 11.0 Å². The number of methoxy groups -OCH3 is 1. The molecule has 150 valence electrons. The lowest BCUT2D eigenvalue weighted by molar-refractivity contribution is -0.387. The Hall–Kier alpha value is -3.75. The summed E-state index contributed by atoms with van der Waals surface area (Å²) in [7, 11) is 1.51. The summed E-state index contributed by atoms with van der Waals surface area (Å²) in [5.41, 5.74) is 0.265. The first-order valence-corrected chi connectivity index (χ1v) is 8.64. The fraction of sp³-hybridized carbons (Fsp3) is 0.200. The van der Waals surface area contributed by atoms with E-state index in [1.54, 1.807) is 25.1 Å². The molecule has 3 rings (SSSR count). The number of amides is 1. The van der Waals surface area contributed by atoms with Gasteiger partial charge in [0.1, 0.15) is 11.3 Å². The van der Waals surface area contributed by atoms with E-state index in [1.807, 2.05) is 0 Å². The summed E-state index contributed by atoms with van der Waals surface area (Å²) in [5, 5.41) is 14.0. The Bertz CT molecular complexity index is 1170. The topological polar surface area (TPSA) is 112 Å². The van der Waals surface area contributed by atoms with Crippen molar-refractivity contribution in [2.45, 2.75) is 19.8 Å². The molecular weight excluding hydrogens is 383 g/mol. The summed E-state index contributed by atoms with van der Waals surface area (Å²) in [6, 6.07) is 8.20. The van der Waals surface area contributed by atoms with E-state index in [0.717, 1.165) is 17.5 Å². The Morgan fingerprint density at radius 2 is 2.03 bits per heavy atom. The van der Waals surface area contributed by atoms with Crippen molar-refractivity contribution < 1.29 is 23.3 Å². The van der Waals surface area contributed by atoms with Gasteiger partial charge in [-0.1, -0.05) is 0 Å².